The average Bonchev–Trinajstić information content (AvgIpc) is 2.31. The minimum absolute atomic E-state index is 0.138. The van der Waals surface area contributed by atoms with Gasteiger partial charge in [-0.3, -0.25) is 0 Å². The lowest BCUT2D eigenvalue weighted by Crippen LogP contribution is -2.37. The molecule has 0 aromatic heterocycles. The van der Waals surface area contributed by atoms with Crippen LogP contribution in [0.4, 0.5) is 0 Å². The number of rotatable bonds is 3. The number of hydrogen-bond acceptors (Lipinski definition) is 3. The third kappa shape index (κ3) is 3.38. The second-order valence-electron chi connectivity index (χ2n) is 4.43. The molecule has 0 saturated carbocycles. The standard InChI is InChI=1S/C12H14Cl2O3S/c13-11-4-2-1-3-9(11)7-10-8-17-6-5-12(10)18(14,15)16/h1-4,10,12H,5-8H2/t10-,12+/m1/s1. The van der Waals surface area contributed by atoms with Gasteiger partial charge >= 0.3 is 0 Å². The van der Waals surface area contributed by atoms with E-state index in [1.54, 1.807) is 6.07 Å². The summed E-state index contributed by atoms with van der Waals surface area (Å²) in [5.41, 5.74) is 0.931. The van der Waals surface area contributed by atoms with Crippen LogP contribution in [-0.4, -0.2) is 26.9 Å². The van der Waals surface area contributed by atoms with Crippen LogP contribution in [0.2, 0.25) is 5.02 Å². The summed E-state index contributed by atoms with van der Waals surface area (Å²) in [4.78, 5) is 0. The van der Waals surface area contributed by atoms with Crippen LogP contribution in [0.15, 0.2) is 24.3 Å². The largest absolute Gasteiger partial charge is 0.381 e. The molecular formula is C12H14Cl2O3S. The molecule has 1 aromatic rings. The zero-order valence-corrected chi connectivity index (χ0v) is 12.0. The second-order valence-corrected chi connectivity index (χ2v) is 7.69. The van der Waals surface area contributed by atoms with Gasteiger partial charge in [-0.15, -0.1) is 0 Å². The number of ether oxygens (including phenoxy) is 1. The Kier molecular flexibility index (Phi) is 4.54. The number of benzene rings is 1. The molecule has 1 fully saturated rings. The Balaban J connectivity index is 2.18. The number of halogens is 2. The first-order chi connectivity index (χ1) is 8.48. The van der Waals surface area contributed by atoms with E-state index in [1.165, 1.54) is 0 Å². The molecule has 0 bridgehead atoms. The predicted octanol–water partition coefficient (Wildman–Crippen LogP) is 2.86. The van der Waals surface area contributed by atoms with Crippen molar-refractivity contribution >= 4 is 31.3 Å². The minimum Gasteiger partial charge on any atom is -0.381 e. The first-order valence-electron chi connectivity index (χ1n) is 5.73. The minimum atomic E-state index is -3.56. The Morgan fingerprint density at radius 2 is 2.06 bits per heavy atom. The highest BCUT2D eigenvalue weighted by Crippen LogP contribution is 2.29. The van der Waals surface area contributed by atoms with Crippen LogP contribution in [0.5, 0.6) is 0 Å². The van der Waals surface area contributed by atoms with Crippen molar-refractivity contribution in [3.8, 4) is 0 Å². The van der Waals surface area contributed by atoms with E-state index < -0.39 is 14.3 Å². The zero-order valence-electron chi connectivity index (χ0n) is 9.68. The van der Waals surface area contributed by atoms with Crippen molar-refractivity contribution in [3.63, 3.8) is 0 Å². The molecule has 1 aliphatic heterocycles. The molecule has 0 amide bonds. The Hall–Kier alpha value is -0.290. The summed E-state index contributed by atoms with van der Waals surface area (Å²) in [6.07, 6.45) is 1.01. The van der Waals surface area contributed by atoms with Gasteiger partial charge in [0.15, 0.2) is 0 Å². The lowest BCUT2D eigenvalue weighted by Gasteiger charge is -2.29. The fourth-order valence-corrected chi connectivity index (χ4v) is 4.21. The Morgan fingerprint density at radius 3 is 2.72 bits per heavy atom. The van der Waals surface area contributed by atoms with Crippen molar-refractivity contribution in [2.24, 2.45) is 5.92 Å². The van der Waals surface area contributed by atoms with Gasteiger partial charge in [0.1, 0.15) is 0 Å². The molecule has 1 aromatic carbocycles. The monoisotopic (exact) mass is 308 g/mol. The van der Waals surface area contributed by atoms with Crippen molar-refractivity contribution in [3.05, 3.63) is 34.9 Å². The Labute approximate surface area is 116 Å². The molecule has 0 spiro atoms. The smallest absolute Gasteiger partial charge is 0.235 e. The van der Waals surface area contributed by atoms with Gasteiger partial charge in [0.2, 0.25) is 9.05 Å². The first kappa shape index (κ1) is 14.1. The van der Waals surface area contributed by atoms with Crippen LogP contribution in [0, 0.1) is 5.92 Å². The molecule has 18 heavy (non-hydrogen) atoms. The zero-order chi connectivity index (χ0) is 13.2. The van der Waals surface area contributed by atoms with Gasteiger partial charge in [0, 0.05) is 28.2 Å². The van der Waals surface area contributed by atoms with E-state index in [-0.39, 0.29) is 5.92 Å². The normalized spacial score (nSPS) is 25.0. The van der Waals surface area contributed by atoms with Gasteiger partial charge in [0.25, 0.3) is 0 Å². The van der Waals surface area contributed by atoms with E-state index in [2.05, 4.69) is 0 Å². The van der Waals surface area contributed by atoms with E-state index in [0.29, 0.717) is 31.1 Å². The quantitative estimate of drug-likeness (QED) is 0.806. The maximum absolute atomic E-state index is 11.5. The fraction of sp³-hybridized carbons (Fsp3) is 0.500. The molecule has 0 N–H and O–H groups in total. The molecule has 6 heteroatoms. The highest BCUT2D eigenvalue weighted by molar-refractivity contribution is 8.14. The van der Waals surface area contributed by atoms with Gasteiger partial charge in [-0.25, -0.2) is 8.42 Å². The summed E-state index contributed by atoms with van der Waals surface area (Å²) >= 11 is 6.08. The molecule has 0 unspecified atom stereocenters. The van der Waals surface area contributed by atoms with Gasteiger partial charge in [-0.05, 0) is 24.5 Å². The van der Waals surface area contributed by atoms with Gasteiger partial charge < -0.3 is 4.74 Å². The SMILES string of the molecule is O=S(=O)(Cl)[C@H]1CCOC[C@H]1Cc1ccccc1Cl. The maximum atomic E-state index is 11.5. The predicted molar refractivity (Wildman–Crippen MR) is 72.6 cm³/mol. The summed E-state index contributed by atoms with van der Waals surface area (Å²) in [5.74, 6) is -0.138. The lowest BCUT2D eigenvalue weighted by molar-refractivity contribution is 0.0577. The highest BCUT2D eigenvalue weighted by Gasteiger charge is 2.35. The van der Waals surface area contributed by atoms with Gasteiger partial charge in [0.05, 0.1) is 11.9 Å². The van der Waals surface area contributed by atoms with Crippen molar-refractivity contribution in [1.82, 2.24) is 0 Å². The average molecular weight is 309 g/mol. The summed E-state index contributed by atoms with van der Waals surface area (Å²) in [7, 11) is 1.94. The van der Waals surface area contributed by atoms with E-state index in [9.17, 15) is 8.42 Å². The van der Waals surface area contributed by atoms with Crippen LogP contribution >= 0.6 is 22.3 Å². The molecule has 2 atom stereocenters. The van der Waals surface area contributed by atoms with Gasteiger partial charge in [-0.2, -0.15) is 0 Å². The summed E-state index contributed by atoms with van der Waals surface area (Å²) < 4.78 is 28.5. The first-order valence-corrected chi connectivity index (χ1v) is 8.48. The molecule has 2 rings (SSSR count). The summed E-state index contributed by atoms with van der Waals surface area (Å²) in [6.45, 7) is 0.845. The fourth-order valence-electron chi connectivity index (χ4n) is 2.28. The highest BCUT2D eigenvalue weighted by atomic mass is 35.7. The molecule has 1 heterocycles. The van der Waals surface area contributed by atoms with Crippen LogP contribution in [-0.2, 0) is 20.2 Å². The van der Waals surface area contributed by atoms with Gasteiger partial charge in [-0.1, -0.05) is 29.8 Å². The van der Waals surface area contributed by atoms with E-state index in [4.69, 9.17) is 27.0 Å². The molecule has 1 saturated heterocycles. The van der Waals surface area contributed by atoms with Crippen molar-refractivity contribution in [1.29, 1.82) is 0 Å². The Morgan fingerprint density at radius 1 is 1.33 bits per heavy atom. The Bertz CT molecular complexity index is 516. The summed E-state index contributed by atoms with van der Waals surface area (Å²) in [5, 5.41) is 0.0954. The van der Waals surface area contributed by atoms with Crippen LogP contribution in [0.3, 0.4) is 0 Å². The third-order valence-electron chi connectivity index (χ3n) is 3.21. The van der Waals surface area contributed by atoms with Crippen molar-refractivity contribution < 1.29 is 13.2 Å². The molecule has 0 radical (unpaired) electrons. The van der Waals surface area contributed by atoms with Crippen LogP contribution < -0.4 is 0 Å². The number of hydrogen-bond donors (Lipinski definition) is 0. The summed E-state index contributed by atoms with van der Waals surface area (Å²) in [6, 6.07) is 7.42. The van der Waals surface area contributed by atoms with E-state index >= 15 is 0 Å². The molecule has 3 nitrogen and oxygen atoms in total. The van der Waals surface area contributed by atoms with Crippen LogP contribution in [0.1, 0.15) is 12.0 Å². The topological polar surface area (TPSA) is 43.4 Å². The maximum Gasteiger partial charge on any atom is 0.235 e. The lowest BCUT2D eigenvalue weighted by atomic mass is 9.93. The van der Waals surface area contributed by atoms with Crippen molar-refractivity contribution in [2.45, 2.75) is 18.1 Å². The second kappa shape index (κ2) is 5.78. The molecule has 100 valence electrons. The van der Waals surface area contributed by atoms with E-state index in [0.717, 1.165) is 5.56 Å². The molecule has 1 aliphatic rings. The van der Waals surface area contributed by atoms with Crippen molar-refractivity contribution in [2.75, 3.05) is 13.2 Å². The van der Waals surface area contributed by atoms with Crippen LogP contribution in [0.25, 0.3) is 0 Å². The third-order valence-corrected chi connectivity index (χ3v) is 5.61. The van der Waals surface area contributed by atoms with E-state index in [1.807, 2.05) is 18.2 Å². The molecular weight excluding hydrogens is 295 g/mol. The molecule has 0 aliphatic carbocycles.